The van der Waals surface area contributed by atoms with Gasteiger partial charge in [0, 0.05) is 11.1 Å². The first-order valence-corrected chi connectivity index (χ1v) is 11.7. The lowest BCUT2D eigenvalue weighted by Gasteiger charge is -2.13. The Hall–Kier alpha value is -2.37. The second kappa shape index (κ2) is 9.63. The van der Waals surface area contributed by atoms with Crippen LogP contribution in [0, 0.1) is 14.9 Å². The molecule has 0 radical (unpaired) electrons. The third kappa shape index (κ3) is 4.52. The van der Waals surface area contributed by atoms with E-state index in [9.17, 15) is 5.26 Å². The maximum atomic E-state index is 9.62. The number of ether oxygens (including phenoxy) is 2. The smallest absolute Gasteiger partial charge is 0.174 e. The van der Waals surface area contributed by atoms with Gasteiger partial charge < -0.3 is 9.47 Å². The molecule has 6 heteroatoms. The predicted octanol–water partition coefficient (Wildman–Crippen LogP) is 6.44. The summed E-state index contributed by atoms with van der Waals surface area (Å²) in [6.45, 7) is 0.479. The maximum Gasteiger partial charge on any atom is 0.174 e. The van der Waals surface area contributed by atoms with E-state index in [0.717, 1.165) is 50.3 Å². The molecule has 1 aliphatic carbocycles. The van der Waals surface area contributed by atoms with Crippen LogP contribution in [0.3, 0.4) is 0 Å². The van der Waals surface area contributed by atoms with Gasteiger partial charge in [0.25, 0.3) is 0 Å². The van der Waals surface area contributed by atoms with Gasteiger partial charge in [-0.15, -0.1) is 11.3 Å². The van der Waals surface area contributed by atoms with Crippen molar-refractivity contribution in [2.24, 2.45) is 4.99 Å². The fourth-order valence-corrected chi connectivity index (χ4v) is 5.54. The molecule has 0 N–H and O–H groups in total. The van der Waals surface area contributed by atoms with Gasteiger partial charge in [-0.2, -0.15) is 5.26 Å². The zero-order valence-corrected chi connectivity index (χ0v) is 19.6. The lowest BCUT2D eigenvalue weighted by molar-refractivity contribution is 0.282. The number of hydrogen-bond acceptors (Lipinski definition) is 5. The Balaban J connectivity index is 1.58. The van der Waals surface area contributed by atoms with E-state index in [-0.39, 0.29) is 0 Å². The molecule has 152 valence electrons. The Morgan fingerprint density at radius 1 is 1.20 bits per heavy atom. The molecule has 0 unspecified atom stereocenters. The molecule has 1 aliphatic rings. The first-order valence-electron chi connectivity index (χ1n) is 9.82. The molecule has 4 nitrogen and oxygen atoms in total. The van der Waals surface area contributed by atoms with Crippen molar-refractivity contribution in [2.75, 3.05) is 7.11 Å². The number of methoxy groups -OCH3 is 1. The summed E-state index contributed by atoms with van der Waals surface area (Å²) in [4.78, 5) is 5.98. The van der Waals surface area contributed by atoms with E-state index in [1.54, 1.807) is 18.4 Å². The van der Waals surface area contributed by atoms with Crippen molar-refractivity contribution < 1.29 is 9.47 Å². The number of aliphatic imine (C=N–C) groups is 1. The summed E-state index contributed by atoms with van der Waals surface area (Å²) < 4.78 is 12.6. The Labute approximate surface area is 194 Å². The fraction of sp³-hybridized carbons (Fsp3) is 0.250. The molecule has 0 fully saturated rings. The van der Waals surface area contributed by atoms with Crippen molar-refractivity contribution in [2.45, 2.75) is 32.3 Å². The lowest BCUT2D eigenvalue weighted by atomic mass is 9.96. The molecule has 0 atom stereocenters. The van der Waals surface area contributed by atoms with Crippen LogP contribution in [0.25, 0.3) is 0 Å². The average molecular weight is 528 g/mol. The molecule has 1 aromatic heterocycles. The number of aryl methyl sites for hydroxylation is 1. The van der Waals surface area contributed by atoms with E-state index in [1.807, 2.05) is 48.7 Å². The number of thiophene rings is 1. The number of benzene rings is 2. The van der Waals surface area contributed by atoms with Crippen LogP contribution >= 0.6 is 33.9 Å². The van der Waals surface area contributed by atoms with Gasteiger partial charge in [0.15, 0.2) is 11.5 Å². The monoisotopic (exact) mass is 528 g/mol. The largest absolute Gasteiger partial charge is 0.493 e. The van der Waals surface area contributed by atoms with Crippen molar-refractivity contribution in [3.05, 3.63) is 73.2 Å². The van der Waals surface area contributed by atoms with Crippen molar-refractivity contribution >= 4 is 45.1 Å². The number of rotatable bonds is 6. The van der Waals surface area contributed by atoms with Crippen LogP contribution in [-0.2, 0) is 19.4 Å². The van der Waals surface area contributed by atoms with Gasteiger partial charge >= 0.3 is 0 Å². The van der Waals surface area contributed by atoms with E-state index < -0.39 is 0 Å². The molecule has 1 heterocycles. The van der Waals surface area contributed by atoms with Crippen LogP contribution < -0.4 is 9.47 Å². The molecule has 0 spiro atoms. The maximum absolute atomic E-state index is 9.62. The average Bonchev–Trinajstić information content (AvgIpc) is 3.14. The topological polar surface area (TPSA) is 54.6 Å². The van der Waals surface area contributed by atoms with Gasteiger partial charge in [-0.3, -0.25) is 0 Å². The number of fused-ring (bicyclic) bond motifs is 1. The normalized spacial score (nSPS) is 13.1. The van der Waals surface area contributed by atoms with Crippen LogP contribution in [0.2, 0.25) is 0 Å². The Morgan fingerprint density at radius 2 is 2.00 bits per heavy atom. The third-order valence-corrected chi connectivity index (χ3v) is 7.07. The summed E-state index contributed by atoms with van der Waals surface area (Å²) in [5.74, 6) is 1.40. The zero-order valence-electron chi connectivity index (χ0n) is 16.7. The number of nitrogens with zero attached hydrogens (tertiary/aromatic N) is 2. The second-order valence-corrected chi connectivity index (χ2v) is 9.32. The fourth-order valence-electron chi connectivity index (χ4n) is 3.57. The van der Waals surface area contributed by atoms with Gasteiger partial charge in [0.1, 0.15) is 17.7 Å². The standard InChI is InChI=1S/C24H21IN2O2S/c1-28-21-12-17(11-20(25)23(21)29-15-16-7-3-2-4-8-16)14-27-24-19(13-26)18-9-5-6-10-22(18)30-24/h2-4,7-8,11-12,14H,5-6,9-10,15H2,1H3/b27-14-. The van der Waals surface area contributed by atoms with Gasteiger partial charge in [-0.25, -0.2) is 4.99 Å². The number of halogens is 1. The summed E-state index contributed by atoms with van der Waals surface area (Å²) in [5.41, 5.74) is 3.97. The minimum atomic E-state index is 0.479. The summed E-state index contributed by atoms with van der Waals surface area (Å²) in [5, 5.41) is 10.4. The molecule has 3 aromatic rings. The van der Waals surface area contributed by atoms with Crippen molar-refractivity contribution in [3.63, 3.8) is 0 Å². The summed E-state index contributed by atoms with van der Waals surface area (Å²) >= 11 is 3.91. The Bertz CT molecular complexity index is 1120. The molecule has 2 aromatic carbocycles. The zero-order chi connectivity index (χ0) is 20.9. The van der Waals surface area contributed by atoms with Crippen LogP contribution in [0.4, 0.5) is 5.00 Å². The Morgan fingerprint density at radius 3 is 2.77 bits per heavy atom. The third-order valence-electron chi connectivity index (χ3n) is 5.07. The predicted molar refractivity (Wildman–Crippen MR) is 129 cm³/mol. The van der Waals surface area contributed by atoms with E-state index in [1.165, 1.54) is 16.9 Å². The summed E-state index contributed by atoms with van der Waals surface area (Å²) in [6, 6.07) is 16.4. The van der Waals surface area contributed by atoms with Gasteiger partial charge in [0.05, 0.1) is 16.2 Å². The van der Waals surface area contributed by atoms with E-state index >= 15 is 0 Å². The van der Waals surface area contributed by atoms with Crippen LogP contribution in [0.1, 0.15) is 40.0 Å². The summed E-state index contributed by atoms with van der Waals surface area (Å²) in [7, 11) is 1.64. The highest BCUT2D eigenvalue weighted by atomic mass is 127. The van der Waals surface area contributed by atoms with Crippen LogP contribution in [-0.4, -0.2) is 13.3 Å². The van der Waals surface area contributed by atoms with Crippen molar-refractivity contribution in [1.29, 1.82) is 5.26 Å². The molecule has 0 aliphatic heterocycles. The highest BCUT2D eigenvalue weighted by molar-refractivity contribution is 14.1. The Kier molecular flexibility index (Phi) is 6.70. The van der Waals surface area contributed by atoms with Crippen LogP contribution in [0.5, 0.6) is 11.5 Å². The minimum absolute atomic E-state index is 0.479. The molecular weight excluding hydrogens is 507 g/mol. The van der Waals surface area contributed by atoms with Crippen molar-refractivity contribution in [1.82, 2.24) is 0 Å². The molecule has 4 rings (SSSR count). The molecule has 30 heavy (non-hydrogen) atoms. The van der Waals surface area contributed by atoms with E-state index in [4.69, 9.17) is 9.47 Å². The number of hydrogen-bond donors (Lipinski definition) is 0. The van der Waals surface area contributed by atoms with E-state index in [0.29, 0.717) is 12.4 Å². The van der Waals surface area contributed by atoms with Gasteiger partial charge in [0.2, 0.25) is 0 Å². The van der Waals surface area contributed by atoms with Gasteiger partial charge in [-0.1, -0.05) is 30.3 Å². The minimum Gasteiger partial charge on any atom is -0.493 e. The lowest BCUT2D eigenvalue weighted by Crippen LogP contribution is -2.00. The van der Waals surface area contributed by atoms with Gasteiger partial charge in [-0.05, 0) is 77.1 Å². The molecule has 0 saturated heterocycles. The van der Waals surface area contributed by atoms with E-state index in [2.05, 4.69) is 33.7 Å². The second-order valence-electron chi connectivity index (χ2n) is 7.07. The summed E-state index contributed by atoms with van der Waals surface area (Å²) in [6.07, 6.45) is 6.21. The van der Waals surface area contributed by atoms with Crippen molar-refractivity contribution in [3.8, 4) is 17.6 Å². The molecule has 0 saturated carbocycles. The first-order chi connectivity index (χ1) is 14.7. The molecule has 0 amide bonds. The molecular formula is C24H21IN2O2S. The molecule has 0 bridgehead atoms. The first kappa shape index (κ1) is 20.9. The SMILES string of the molecule is COc1cc(/C=N\c2sc3c(c2C#N)CCCC3)cc(I)c1OCc1ccccc1. The highest BCUT2D eigenvalue weighted by Gasteiger charge is 2.20. The quantitative estimate of drug-likeness (QED) is 0.273. The highest BCUT2D eigenvalue weighted by Crippen LogP contribution is 2.39. The number of nitriles is 1. The van der Waals surface area contributed by atoms with Crippen LogP contribution in [0.15, 0.2) is 47.5 Å².